The fourth-order valence-corrected chi connectivity index (χ4v) is 4.80. The number of anilines is 1. The predicted octanol–water partition coefficient (Wildman–Crippen LogP) is 4.41. The Hall–Kier alpha value is -2.37. The summed E-state index contributed by atoms with van der Waals surface area (Å²) in [5, 5.41) is 9.03. The summed E-state index contributed by atoms with van der Waals surface area (Å²) >= 11 is 0. The monoisotopic (exact) mass is 427 g/mol. The molecule has 31 heavy (non-hydrogen) atoms. The van der Waals surface area contributed by atoms with Crippen LogP contribution in [0, 0.1) is 11.8 Å². The van der Waals surface area contributed by atoms with E-state index in [1.165, 1.54) is 32.1 Å². The van der Waals surface area contributed by atoms with Crippen molar-refractivity contribution in [3.05, 3.63) is 29.8 Å². The van der Waals surface area contributed by atoms with E-state index in [1.54, 1.807) is 18.2 Å². The molecule has 0 unspecified atom stereocenters. The van der Waals surface area contributed by atoms with Crippen molar-refractivity contribution >= 4 is 23.4 Å². The van der Waals surface area contributed by atoms with Crippen molar-refractivity contribution in [3.8, 4) is 0 Å². The fraction of sp³-hybridized carbons (Fsp3) is 0.640. The lowest BCUT2D eigenvalue weighted by molar-refractivity contribution is -0.123. The van der Waals surface area contributed by atoms with E-state index in [2.05, 4.69) is 16.0 Å². The van der Waals surface area contributed by atoms with Gasteiger partial charge in [-0.1, -0.05) is 31.4 Å². The highest BCUT2D eigenvalue weighted by Gasteiger charge is 2.28. The van der Waals surface area contributed by atoms with Crippen molar-refractivity contribution in [2.45, 2.75) is 90.1 Å². The van der Waals surface area contributed by atoms with E-state index in [0.717, 1.165) is 25.7 Å². The Kier molecular flexibility index (Phi) is 8.50. The highest BCUT2D eigenvalue weighted by Crippen LogP contribution is 2.28. The van der Waals surface area contributed by atoms with Crippen LogP contribution in [0.25, 0.3) is 0 Å². The summed E-state index contributed by atoms with van der Waals surface area (Å²) < 4.78 is 0. The van der Waals surface area contributed by atoms with Gasteiger partial charge < -0.3 is 16.0 Å². The van der Waals surface area contributed by atoms with Crippen LogP contribution in [-0.2, 0) is 9.59 Å². The van der Waals surface area contributed by atoms with Crippen LogP contribution in [0.15, 0.2) is 24.3 Å². The highest BCUT2D eigenvalue weighted by molar-refractivity contribution is 6.04. The summed E-state index contributed by atoms with van der Waals surface area (Å²) in [5.74, 6) is 0.397. The van der Waals surface area contributed by atoms with Crippen LogP contribution in [0.2, 0.25) is 0 Å². The molecule has 6 nitrogen and oxygen atoms in total. The minimum Gasteiger partial charge on any atom is -0.353 e. The van der Waals surface area contributed by atoms with Crippen LogP contribution in [0.1, 0.15) is 88.4 Å². The molecule has 3 N–H and O–H groups in total. The van der Waals surface area contributed by atoms with E-state index >= 15 is 0 Å². The predicted molar refractivity (Wildman–Crippen MR) is 123 cm³/mol. The molecule has 2 fully saturated rings. The van der Waals surface area contributed by atoms with Crippen LogP contribution in [0.4, 0.5) is 5.69 Å². The van der Waals surface area contributed by atoms with Gasteiger partial charge in [-0.25, -0.2) is 0 Å². The molecule has 0 aromatic heterocycles. The minimum absolute atomic E-state index is 0.0276. The number of rotatable bonds is 7. The van der Waals surface area contributed by atoms with Gasteiger partial charge in [-0.05, 0) is 70.4 Å². The molecule has 1 aromatic rings. The number of benzene rings is 1. The quantitative estimate of drug-likeness (QED) is 0.602. The van der Waals surface area contributed by atoms with Crippen LogP contribution in [0.5, 0.6) is 0 Å². The van der Waals surface area contributed by atoms with Gasteiger partial charge in [0.05, 0.1) is 11.3 Å². The summed E-state index contributed by atoms with van der Waals surface area (Å²) in [5.41, 5.74) is 1.03. The molecular formula is C25H37N3O3. The molecule has 170 valence electrons. The summed E-state index contributed by atoms with van der Waals surface area (Å²) in [4.78, 5) is 37.6. The molecule has 0 heterocycles. The third kappa shape index (κ3) is 7.08. The molecule has 1 aromatic carbocycles. The third-order valence-electron chi connectivity index (χ3n) is 6.51. The molecule has 6 heteroatoms. The van der Waals surface area contributed by atoms with Gasteiger partial charge in [-0.3, -0.25) is 14.4 Å². The van der Waals surface area contributed by atoms with Gasteiger partial charge in [0.25, 0.3) is 5.91 Å². The van der Waals surface area contributed by atoms with E-state index in [4.69, 9.17) is 0 Å². The first-order valence-corrected chi connectivity index (χ1v) is 11.9. The van der Waals surface area contributed by atoms with Crippen LogP contribution in [0.3, 0.4) is 0 Å². The van der Waals surface area contributed by atoms with Crippen molar-refractivity contribution in [3.63, 3.8) is 0 Å². The zero-order chi connectivity index (χ0) is 22.2. The average molecular weight is 428 g/mol. The average Bonchev–Trinajstić information content (AvgIpc) is 2.74. The maximum absolute atomic E-state index is 12.8. The second-order valence-electron chi connectivity index (χ2n) is 9.49. The standard InChI is InChI=1S/C25H37N3O3/c1-17(2)26-25(31)21-10-6-7-11-22(21)28-24(30)19-12-14-20(15-13-19)27-23(29)16-18-8-4-3-5-9-18/h6-7,10-11,17-20H,3-5,8-9,12-16H2,1-2H3,(H,26,31)(H,27,29)(H,28,30). The van der Waals surface area contributed by atoms with Gasteiger partial charge in [-0.15, -0.1) is 0 Å². The van der Waals surface area contributed by atoms with E-state index < -0.39 is 0 Å². The first kappa shape index (κ1) is 23.3. The summed E-state index contributed by atoms with van der Waals surface area (Å²) in [6.07, 6.45) is 9.95. The first-order valence-electron chi connectivity index (χ1n) is 11.9. The van der Waals surface area contributed by atoms with Crippen molar-refractivity contribution in [2.75, 3.05) is 5.32 Å². The van der Waals surface area contributed by atoms with Crippen molar-refractivity contribution < 1.29 is 14.4 Å². The number of hydrogen-bond acceptors (Lipinski definition) is 3. The second kappa shape index (κ2) is 11.3. The SMILES string of the molecule is CC(C)NC(=O)c1ccccc1NC(=O)C1CCC(NC(=O)CC2CCCCC2)CC1. The zero-order valence-corrected chi connectivity index (χ0v) is 18.9. The molecular weight excluding hydrogens is 390 g/mol. The molecule has 2 aliphatic rings. The number of carbonyl (C=O) groups excluding carboxylic acids is 3. The van der Waals surface area contributed by atoms with Gasteiger partial charge >= 0.3 is 0 Å². The molecule has 0 bridgehead atoms. The maximum atomic E-state index is 12.8. The Morgan fingerprint density at radius 3 is 2.29 bits per heavy atom. The Morgan fingerprint density at radius 2 is 1.61 bits per heavy atom. The van der Waals surface area contributed by atoms with Crippen molar-refractivity contribution in [2.24, 2.45) is 11.8 Å². The summed E-state index contributed by atoms with van der Waals surface area (Å²) in [7, 11) is 0. The van der Waals surface area contributed by atoms with E-state index in [0.29, 0.717) is 23.6 Å². The van der Waals surface area contributed by atoms with Crippen molar-refractivity contribution in [1.29, 1.82) is 0 Å². The van der Waals surface area contributed by atoms with Gasteiger partial charge in [0.15, 0.2) is 0 Å². The topological polar surface area (TPSA) is 87.3 Å². The Balaban J connectivity index is 1.46. The molecule has 0 aliphatic heterocycles. The lowest BCUT2D eigenvalue weighted by Crippen LogP contribution is -2.40. The van der Waals surface area contributed by atoms with E-state index in [9.17, 15) is 14.4 Å². The normalized spacial score (nSPS) is 22.0. The smallest absolute Gasteiger partial charge is 0.253 e. The molecule has 3 rings (SSSR count). The Bertz CT molecular complexity index is 763. The van der Waals surface area contributed by atoms with Crippen LogP contribution < -0.4 is 16.0 Å². The summed E-state index contributed by atoms with van der Waals surface area (Å²) in [6, 6.07) is 7.31. The van der Waals surface area contributed by atoms with Crippen LogP contribution in [-0.4, -0.2) is 29.8 Å². The first-order chi connectivity index (χ1) is 14.9. The molecule has 0 atom stereocenters. The molecule has 3 amide bonds. The van der Waals surface area contributed by atoms with E-state index in [1.807, 2.05) is 19.9 Å². The Labute approximate surface area is 185 Å². The van der Waals surface area contributed by atoms with Crippen molar-refractivity contribution in [1.82, 2.24) is 10.6 Å². The number of hydrogen-bond donors (Lipinski definition) is 3. The lowest BCUT2D eigenvalue weighted by Gasteiger charge is -2.29. The van der Waals surface area contributed by atoms with E-state index in [-0.39, 0.29) is 35.7 Å². The van der Waals surface area contributed by atoms with Gasteiger partial charge in [0, 0.05) is 24.4 Å². The maximum Gasteiger partial charge on any atom is 0.253 e. The van der Waals surface area contributed by atoms with Gasteiger partial charge in [0.2, 0.25) is 11.8 Å². The number of amides is 3. The fourth-order valence-electron chi connectivity index (χ4n) is 4.80. The lowest BCUT2D eigenvalue weighted by atomic mass is 9.84. The highest BCUT2D eigenvalue weighted by atomic mass is 16.2. The largest absolute Gasteiger partial charge is 0.353 e. The zero-order valence-electron chi connectivity index (χ0n) is 18.9. The van der Waals surface area contributed by atoms with Gasteiger partial charge in [-0.2, -0.15) is 0 Å². The molecule has 2 aliphatic carbocycles. The molecule has 0 radical (unpaired) electrons. The molecule has 2 saturated carbocycles. The number of carbonyl (C=O) groups is 3. The van der Waals surface area contributed by atoms with Gasteiger partial charge in [0.1, 0.15) is 0 Å². The third-order valence-corrected chi connectivity index (χ3v) is 6.51. The number of para-hydroxylation sites is 1. The second-order valence-corrected chi connectivity index (χ2v) is 9.49. The molecule has 0 spiro atoms. The minimum atomic E-state index is -0.185. The Morgan fingerprint density at radius 1 is 0.935 bits per heavy atom. The van der Waals surface area contributed by atoms with Crippen LogP contribution >= 0.6 is 0 Å². The summed E-state index contributed by atoms with van der Waals surface area (Å²) in [6.45, 7) is 3.82. The molecule has 0 saturated heterocycles. The number of nitrogens with one attached hydrogen (secondary N) is 3.